The maximum absolute atomic E-state index is 12.5. The normalized spacial score (nSPS) is 12.2. The first-order valence-electron chi connectivity index (χ1n) is 8.21. The first-order valence-corrected chi connectivity index (χ1v) is 8.21. The summed E-state index contributed by atoms with van der Waals surface area (Å²) in [6.07, 6.45) is 1.58. The molecule has 0 aliphatic carbocycles. The summed E-state index contributed by atoms with van der Waals surface area (Å²) in [7, 11) is 0. The third-order valence-electron chi connectivity index (χ3n) is 3.83. The van der Waals surface area contributed by atoms with Gasteiger partial charge in [0.25, 0.3) is 0 Å². The summed E-state index contributed by atoms with van der Waals surface area (Å²) in [5, 5.41) is 2.10. The van der Waals surface area contributed by atoms with E-state index in [1.807, 2.05) is 64.1 Å². The van der Waals surface area contributed by atoms with Gasteiger partial charge < -0.3 is 4.74 Å². The van der Waals surface area contributed by atoms with Gasteiger partial charge in [0.2, 0.25) is 0 Å². The Kier molecular flexibility index (Phi) is 5.55. The summed E-state index contributed by atoms with van der Waals surface area (Å²) in [6.45, 7) is 7.86. The van der Waals surface area contributed by atoms with Crippen LogP contribution in [0.5, 0.6) is 0 Å². The predicted octanol–water partition coefficient (Wildman–Crippen LogP) is 4.95. The fraction of sp³-hybridized carbons (Fsp3) is 0.333. The quantitative estimate of drug-likeness (QED) is 0.429. The Bertz CT molecular complexity index is 779. The second-order valence-corrected chi connectivity index (χ2v) is 6.82. The maximum Gasteiger partial charge on any atom is 0.189 e. The van der Waals surface area contributed by atoms with Crippen molar-refractivity contribution < 1.29 is 14.3 Å². The van der Waals surface area contributed by atoms with E-state index in [0.717, 1.165) is 10.8 Å². The molecule has 0 N–H and O–H groups in total. The van der Waals surface area contributed by atoms with Crippen LogP contribution >= 0.6 is 0 Å². The summed E-state index contributed by atoms with van der Waals surface area (Å²) >= 11 is 0. The Hall–Kier alpha value is -2.42. The molecule has 0 heterocycles. The van der Waals surface area contributed by atoms with Crippen molar-refractivity contribution in [1.29, 1.82) is 0 Å². The summed E-state index contributed by atoms with van der Waals surface area (Å²) in [5.41, 5.74) is 0.136. The molecule has 0 spiro atoms. The van der Waals surface area contributed by atoms with Crippen LogP contribution in [0, 0.1) is 5.41 Å². The number of benzene rings is 2. The molecular formula is C21H24O3. The van der Waals surface area contributed by atoms with Crippen LogP contribution in [-0.4, -0.2) is 18.2 Å². The highest BCUT2D eigenvalue weighted by Crippen LogP contribution is 2.21. The Morgan fingerprint density at radius 3 is 2.33 bits per heavy atom. The standard InChI is InChI=1S/C21H24O3/c1-5-24-18(14-20(23)21(2,3)4)13-19(22)17-11-10-15-8-6-7-9-16(15)12-17/h6-13H,5,14H2,1-4H3. The second kappa shape index (κ2) is 7.43. The van der Waals surface area contributed by atoms with Gasteiger partial charge >= 0.3 is 0 Å². The van der Waals surface area contributed by atoms with Crippen molar-refractivity contribution in [3.8, 4) is 0 Å². The molecule has 126 valence electrons. The van der Waals surface area contributed by atoms with Crippen LogP contribution < -0.4 is 0 Å². The lowest BCUT2D eigenvalue weighted by Gasteiger charge is -2.17. The molecule has 0 aliphatic heterocycles. The first kappa shape index (κ1) is 17.9. The van der Waals surface area contributed by atoms with Gasteiger partial charge in [-0.3, -0.25) is 9.59 Å². The second-order valence-electron chi connectivity index (χ2n) is 6.82. The van der Waals surface area contributed by atoms with Crippen molar-refractivity contribution in [3.63, 3.8) is 0 Å². The molecule has 0 saturated heterocycles. The fourth-order valence-corrected chi connectivity index (χ4v) is 2.32. The molecule has 0 amide bonds. The number of hydrogen-bond donors (Lipinski definition) is 0. The topological polar surface area (TPSA) is 43.4 Å². The third kappa shape index (κ3) is 4.54. The minimum absolute atomic E-state index is 0.0495. The molecule has 0 unspecified atom stereocenters. The number of hydrogen-bond acceptors (Lipinski definition) is 3. The molecule has 2 aromatic rings. The van der Waals surface area contributed by atoms with Gasteiger partial charge in [-0.25, -0.2) is 0 Å². The first-order chi connectivity index (χ1) is 11.3. The summed E-state index contributed by atoms with van der Waals surface area (Å²) in [5.74, 6) is 0.329. The third-order valence-corrected chi connectivity index (χ3v) is 3.83. The average molecular weight is 324 g/mol. The lowest BCUT2D eigenvalue weighted by molar-refractivity contribution is -0.126. The van der Waals surface area contributed by atoms with E-state index in [0.29, 0.717) is 17.9 Å². The van der Waals surface area contributed by atoms with E-state index in [4.69, 9.17) is 4.74 Å². The number of rotatable bonds is 6. The van der Waals surface area contributed by atoms with E-state index in [-0.39, 0.29) is 18.0 Å². The predicted molar refractivity (Wildman–Crippen MR) is 97.1 cm³/mol. The lowest BCUT2D eigenvalue weighted by Crippen LogP contribution is -2.21. The minimum Gasteiger partial charge on any atom is -0.498 e. The number of fused-ring (bicyclic) bond motifs is 1. The number of carbonyl (C=O) groups is 2. The molecule has 0 saturated carbocycles. The number of Topliss-reactive ketones (excluding diaryl/α,β-unsaturated/α-hetero) is 1. The Labute approximate surface area is 143 Å². The van der Waals surface area contributed by atoms with Gasteiger partial charge in [-0.15, -0.1) is 0 Å². The highest BCUT2D eigenvalue weighted by Gasteiger charge is 2.23. The van der Waals surface area contributed by atoms with Gasteiger partial charge in [0.1, 0.15) is 11.5 Å². The number of carbonyl (C=O) groups excluding carboxylic acids is 2. The van der Waals surface area contributed by atoms with Crippen LogP contribution in [0.1, 0.15) is 44.5 Å². The number of ketones is 2. The summed E-state index contributed by atoms with van der Waals surface area (Å²) in [4.78, 5) is 24.7. The molecule has 3 heteroatoms. The van der Waals surface area contributed by atoms with Crippen LogP contribution in [0.25, 0.3) is 10.8 Å². The van der Waals surface area contributed by atoms with E-state index in [1.165, 1.54) is 6.08 Å². The van der Waals surface area contributed by atoms with Gasteiger partial charge in [-0.2, -0.15) is 0 Å². The van der Waals surface area contributed by atoms with Crippen LogP contribution in [0.2, 0.25) is 0 Å². The van der Waals surface area contributed by atoms with Gasteiger partial charge in [0.05, 0.1) is 13.0 Å². The zero-order valence-corrected chi connectivity index (χ0v) is 14.8. The van der Waals surface area contributed by atoms with Crippen molar-refractivity contribution >= 4 is 22.3 Å². The summed E-state index contributed by atoms with van der Waals surface area (Å²) < 4.78 is 5.51. The Balaban J connectivity index is 2.26. The molecule has 0 fully saturated rings. The lowest BCUT2D eigenvalue weighted by atomic mass is 9.88. The van der Waals surface area contributed by atoms with E-state index in [9.17, 15) is 9.59 Å². The molecule has 0 bridgehead atoms. The van der Waals surface area contributed by atoms with Crippen molar-refractivity contribution in [2.45, 2.75) is 34.1 Å². The number of ether oxygens (including phenoxy) is 1. The van der Waals surface area contributed by atoms with Crippen LogP contribution in [-0.2, 0) is 9.53 Å². The van der Waals surface area contributed by atoms with Crippen molar-refractivity contribution in [2.24, 2.45) is 5.41 Å². The molecule has 24 heavy (non-hydrogen) atoms. The molecule has 3 nitrogen and oxygen atoms in total. The SMILES string of the molecule is CCOC(=CC(=O)c1ccc2ccccc2c1)CC(=O)C(C)(C)C. The minimum atomic E-state index is -0.456. The van der Waals surface area contributed by atoms with Gasteiger partial charge in [-0.1, -0.05) is 57.2 Å². The van der Waals surface area contributed by atoms with Crippen LogP contribution in [0.4, 0.5) is 0 Å². The van der Waals surface area contributed by atoms with Crippen molar-refractivity contribution in [2.75, 3.05) is 6.61 Å². The molecule has 0 aromatic heterocycles. The van der Waals surface area contributed by atoms with Gasteiger partial charge in [-0.05, 0) is 23.8 Å². The Morgan fingerprint density at radius 2 is 1.71 bits per heavy atom. The van der Waals surface area contributed by atoms with E-state index >= 15 is 0 Å². The highest BCUT2D eigenvalue weighted by molar-refractivity contribution is 6.07. The zero-order chi connectivity index (χ0) is 17.7. The average Bonchev–Trinajstić information content (AvgIpc) is 2.53. The van der Waals surface area contributed by atoms with Crippen molar-refractivity contribution in [3.05, 3.63) is 59.9 Å². The molecule has 0 aliphatic rings. The monoisotopic (exact) mass is 324 g/mol. The molecule has 0 atom stereocenters. The molecule has 0 radical (unpaired) electrons. The molecule has 2 aromatic carbocycles. The molecular weight excluding hydrogens is 300 g/mol. The largest absolute Gasteiger partial charge is 0.498 e. The number of allylic oxidation sites excluding steroid dienone is 2. The van der Waals surface area contributed by atoms with Crippen molar-refractivity contribution in [1.82, 2.24) is 0 Å². The van der Waals surface area contributed by atoms with Crippen LogP contribution in [0.3, 0.4) is 0 Å². The summed E-state index contributed by atoms with van der Waals surface area (Å²) in [6, 6.07) is 13.5. The zero-order valence-electron chi connectivity index (χ0n) is 14.8. The van der Waals surface area contributed by atoms with Gasteiger partial charge in [0, 0.05) is 17.1 Å². The van der Waals surface area contributed by atoms with Crippen LogP contribution in [0.15, 0.2) is 54.3 Å². The fourth-order valence-electron chi connectivity index (χ4n) is 2.32. The molecule has 2 rings (SSSR count). The smallest absolute Gasteiger partial charge is 0.189 e. The highest BCUT2D eigenvalue weighted by atomic mass is 16.5. The van der Waals surface area contributed by atoms with E-state index in [1.54, 1.807) is 6.07 Å². The Morgan fingerprint density at radius 1 is 1.04 bits per heavy atom. The van der Waals surface area contributed by atoms with Gasteiger partial charge in [0.15, 0.2) is 5.78 Å². The van der Waals surface area contributed by atoms with E-state index < -0.39 is 5.41 Å². The maximum atomic E-state index is 12.5. The van der Waals surface area contributed by atoms with E-state index in [2.05, 4.69) is 0 Å².